The third-order valence-corrected chi connectivity index (χ3v) is 4.63. The maximum absolute atomic E-state index is 13.7. The van der Waals surface area contributed by atoms with Crippen LogP contribution in [0.4, 0.5) is 19.3 Å². The van der Waals surface area contributed by atoms with E-state index in [0.717, 1.165) is 28.1 Å². The Bertz CT molecular complexity index is 864. The summed E-state index contributed by atoms with van der Waals surface area (Å²) in [6.45, 7) is 1.99. The van der Waals surface area contributed by atoms with E-state index in [0.29, 0.717) is 0 Å². The lowest BCUT2D eigenvalue weighted by Crippen LogP contribution is -2.33. The lowest BCUT2D eigenvalue weighted by molar-refractivity contribution is 0.250. The number of halogens is 2. The first-order valence-corrected chi connectivity index (χ1v) is 8.53. The molecule has 3 nitrogen and oxygen atoms in total. The number of carbonyl (C=O) groups is 1. The zero-order chi connectivity index (χ0) is 17.8. The summed E-state index contributed by atoms with van der Waals surface area (Å²) < 4.78 is 26.7. The van der Waals surface area contributed by atoms with Crippen LogP contribution in [0.2, 0.25) is 0 Å². The van der Waals surface area contributed by atoms with Crippen molar-refractivity contribution in [2.24, 2.45) is 0 Å². The second-order valence-corrected chi connectivity index (χ2v) is 6.56. The van der Waals surface area contributed by atoms with Crippen LogP contribution < -0.4 is 10.6 Å². The summed E-state index contributed by atoms with van der Waals surface area (Å²) in [7, 11) is 0. The van der Waals surface area contributed by atoms with E-state index in [-0.39, 0.29) is 11.7 Å². The number of thiophene rings is 1. The largest absolute Gasteiger partial charge is 0.326 e. The Balaban J connectivity index is 1.80. The number of urea groups is 1. The van der Waals surface area contributed by atoms with Crippen LogP contribution in [0, 0.1) is 18.6 Å². The number of anilines is 1. The second kappa shape index (κ2) is 7.44. The highest BCUT2D eigenvalue weighted by atomic mass is 32.1. The first kappa shape index (κ1) is 17.1. The van der Waals surface area contributed by atoms with Crippen LogP contribution in [0.25, 0.3) is 0 Å². The maximum Gasteiger partial charge on any atom is 0.320 e. The molecule has 6 heteroatoms. The molecule has 2 N–H and O–H groups in total. The van der Waals surface area contributed by atoms with Gasteiger partial charge in [0.25, 0.3) is 0 Å². The highest BCUT2D eigenvalue weighted by molar-refractivity contribution is 7.10. The first-order chi connectivity index (χ1) is 12.0. The molecule has 0 aliphatic heterocycles. The highest BCUT2D eigenvalue weighted by Gasteiger charge is 2.18. The van der Waals surface area contributed by atoms with Crippen LogP contribution >= 0.6 is 11.3 Å². The molecular weight excluding hydrogens is 342 g/mol. The highest BCUT2D eigenvalue weighted by Crippen LogP contribution is 2.26. The number of hydrogen-bond donors (Lipinski definition) is 2. The quantitative estimate of drug-likeness (QED) is 0.657. The lowest BCUT2D eigenvalue weighted by atomic mass is 10.0. The van der Waals surface area contributed by atoms with Crippen molar-refractivity contribution in [1.29, 1.82) is 0 Å². The maximum atomic E-state index is 13.7. The standard InChI is InChI=1S/C19H16F2N2OS/c1-12-4-6-13(7-5-12)18(17-3-2-10-25-17)23-19(24)22-16-9-8-14(20)11-15(16)21/h2-11,18H,1H3,(H2,22,23,24)/t18-/m0/s1. The summed E-state index contributed by atoms with van der Waals surface area (Å²) in [5, 5.41) is 7.20. The fourth-order valence-electron chi connectivity index (χ4n) is 2.41. The topological polar surface area (TPSA) is 41.1 Å². The van der Waals surface area contributed by atoms with Gasteiger partial charge in [0.05, 0.1) is 11.7 Å². The molecule has 0 bridgehead atoms. The molecule has 0 spiro atoms. The van der Waals surface area contributed by atoms with Crippen LogP contribution in [0.3, 0.4) is 0 Å². The molecule has 0 saturated heterocycles. The number of aryl methyl sites for hydroxylation is 1. The van der Waals surface area contributed by atoms with E-state index in [1.54, 1.807) is 0 Å². The molecule has 0 saturated carbocycles. The van der Waals surface area contributed by atoms with Crippen molar-refractivity contribution in [2.45, 2.75) is 13.0 Å². The van der Waals surface area contributed by atoms with Crippen molar-refractivity contribution in [3.05, 3.63) is 87.6 Å². The van der Waals surface area contributed by atoms with E-state index < -0.39 is 17.7 Å². The molecule has 0 fully saturated rings. The smallest absolute Gasteiger partial charge is 0.320 e. The van der Waals surface area contributed by atoms with Crippen LogP contribution in [-0.2, 0) is 0 Å². The third-order valence-electron chi connectivity index (χ3n) is 3.69. The monoisotopic (exact) mass is 358 g/mol. The Labute approximate surface area is 148 Å². The summed E-state index contributed by atoms with van der Waals surface area (Å²) in [5.41, 5.74) is 1.96. The van der Waals surface area contributed by atoms with E-state index in [4.69, 9.17) is 0 Å². The Morgan fingerprint density at radius 1 is 1.08 bits per heavy atom. The van der Waals surface area contributed by atoms with Gasteiger partial charge in [-0.05, 0) is 36.1 Å². The number of rotatable bonds is 4. The Morgan fingerprint density at radius 2 is 1.84 bits per heavy atom. The van der Waals surface area contributed by atoms with Gasteiger partial charge < -0.3 is 10.6 Å². The minimum Gasteiger partial charge on any atom is -0.326 e. The first-order valence-electron chi connectivity index (χ1n) is 7.65. The van der Waals surface area contributed by atoms with Gasteiger partial charge in [-0.15, -0.1) is 11.3 Å². The van der Waals surface area contributed by atoms with Crippen molar-refractivity contribution in [2.75, 3.05) is 5.32 Å². The molecule has 1 aromatic heterocycles. The van der Waals surface area contributed by atoms with Gasteiger partial charge in [0.2, 0.25) is 0 Å². The number of amides is 2. The van der Waals surface area contributed by atoms with Gasteiger partial charge in [-0.25, -0.2) is 13.6 Å². The number of nitrogens with one attached hydrogen (secondary N) is 2. The molecule has 3 rings (SSSR count). The average Bonchev–Trinajstić information content (AvgIpc) is 3.10. The zero-order valence-electron chi connectivity index (χ0n) is 13.4. The minimum absolute atomic E-state index is 0.0762. The van der Waals surface area contributed by atoms with Gasteiger partial charge in [0, 0.05) is 10.9 Å². The Kier molecular flexibility index (Phi) is 5.09. The third kappa shape index (κ3) is 4.22. The molecule has 3 aromatic rings. The van der Waals surface area contributed by atoms with Crippen LogP contribution in [0.5, 0.6) is 0 Å². The van der Waals surface area contributed by atoms with Gasteiger partial charge >= 0.3 is 6.03 Å². The van der Waals surface area contributed by atoms with Gasteiger partial charge in [0.1, 0.15) is 11.6 Å². The SMILES string of the molecule is Cc1ccc([C@H](NC(=O)Nc2ccc(F)cc2F)c2cccs2)cc1. The minimum atomic E-state index is -0.821. The summed E-state index contributed by atoms with van der Waals surface area (Å²) in [5.74, 6) is -1.52. The van der Waals surface area contributed by atoms with E-state index in [2.05, 4.69) is 10.6 Å². The van der Waals surface area contributed by atoms with E-state index in [9.17, 15) is 13.6 Å². The second-order valence-electron chi connectivity index (χ2n) is 5.58. The van der Waals surface area contributed by atoms with Gasteiger partial charge in [0.15, 0.2) is 0 Å². The molecule has 2 aromatic carbocycles. The van der Waals surface area contributed by atoms with Gasteiger partial charge in [-0.3, -0.25) is 0 Å². The number of hydrogen-bond acceptors (Lipinski definition) is 2. The van der Waals surface area contributed by atoms with Gasteiger partial charge in [-0.1, -0.05) is 35.9 Å². The Hall–Kier alpha value is -2.73. The molecule has 1 heterocycles. The fourth-order valence-corrected chi connectivity index (χ4v) is 3.22. The van der Waals surface area contributed by atoms with Crippen molar-refractivity contribution in [3.8, 4) is 0 Å². The van der Waals surface area contributed by atoms with Crippen molar-refractivity contribution < 1.29 is 13.6 Å². The molecule has 128 valence electrons. The van der Waals surface area contributed by atoms with E-state index >= 15 is 0 Å². The van der Waals surface area contributed by atoms with Crippen molar-refractivity contribution >= 4 is 23.1 Å². The molecular formula is C19H16F2N2OS. The molecule has 0 aliphatic rings. The summed E-state index contributed by atoms with van der Waals surface area (Å²) >= 11 is 1.52. The van der Waals surface area contributed by atoms with Crippen LogP contribution in [0.15, 0.2) is 60.0 Å². The van der Waals surface area contributed by atoms with Crippen LogP contribution in [0.1, 0.15) is 22.0 Å². The summed E-state index contributed by atoms with van der Waals surface area (Å²) in [6, 6.07) is 13.7. The zero-order valence-corrected chi connectivity index (χ0v) is 14.2. The molecule has 25 heavy (non-hydrogen) atoms. The lowest BCUT2D eigenvalue weighted by Gasteiger charge is -2.19. The van der Waals surface area contributed by atoms with Gasteiger partial charge in [-0.2, -0.15) is 0 Å². The summed E-state index contributed by atoms with van der Waals surface area (Å²) in [4.78, 5) is 13.3. The van der Waals surface area contributed by atoms with Crippen LogP contribution in [-0.4, -0.2) is 6.03 Å². The molecule has 2 amide bonds. The average molecular weight is 358 g/mol. The molecule has 0 unspecified atom stereocenters. The predicted octanol–water partition coefficient (Wildman–Crippen LogP) is 5.25. The number of benzene rings is 2. The van der Waals surface area contributed by atoms with Crippen molar-refractivity contribution in [1.82, 2.24) is 5.32 Å². The van der Waals surface area contributed by atoms with E-state index in [1.807, 2.05) is 48.7 Å². The summed E-state index contributed by atoms with van der Waals surface area (Å²) in [6.07, 6.45) is 0. The molecule has 0 radical (unpaired) electrons. The van der Waals surface area contributed by atoms with E-state index in [1.165, 1.54) is 17.4 Å². The Morgan fingerprint density at radius 3 is 2.48 bits per heavy atom. The van der Waals surface area contributed by atoms with Crippen molar-refractivity contribution in [3.63, 3.8) is 0 Å². The predicted molar refractivity (Wildman–Crippen MR) is 95.9 cm³/mol. The molecule has 1 atom stereocenters. The fraction of sp³-hybridized carbons (Fsp3) is 0.105. The number of carbonyl (C=O) groups excluding carboxylic acids is 1. The normalized spacial score (nSPS) is 11.8. The molecule has 0 aliphatic carbocycles.